The first kappa shape index (κ1) is 23.2. The summed E-state index contributed by atoms with van der Waals surface area (Å²) in [6.45, 7) is 0. The average molecular weight is 410 g/mol. The predicted octanol–water partition coefficient (Wildman–Crippen LogP) is 3.72. The molecule has 0 aromatic carbocycles. The van der Waals surface area contributed by atoms with Crippen molar-refractivity contribution >= 4 is 11.9 Å². The second kappa shape index (κ2) is 5.86. The highest BCUT2D eigenvalue weighted by Gasteiger charge is 2.82. The SMILES string of the molecule is O=C(OC(=O)C(F)(C(F)(F)F)C(F)(F)F)C(F)(C(F)(F)F)C(F)(F)F. The number of hydrogen-bond acceptors (Lipinski definition) is 3. The van der Waals surface area contributed by atoms with E-state index in [1.807, 2.05) is 4.74 Å². The lowest BCUT2D eigenvalue weighted by Gasteiger charge is -2.30. The highest BCUT2D eigenvalue weighted by molar-refractivity contribution is 5.95. The molecule has 0 aliphatic heterocycles. The molecule has 0 N–H and O–H groups in total. The Bertz CT molecular complexity index is 458. The topological polar surface area (TPSA) is 43.4 Å². The molecule has 0 aliphatic carbocycles. The van der Waals surface area contributed by atoms with E-state index in [4.69, 9.17) is 0 Å². The van der Waals surface area contributed by atoms with Crippen LogP contribution < -0.4 is 0 Å². The summed E-state index contributed by atoms with van der Waals surface area (Å²) >= 11 is 0. The summed E-state index contributed by atoms with van der Waals surface area (Å²) in [6, 6.07) is 0. The molecule has 0 amide bonds. The minimum Gasteiger partial charge on any atom is -0.387 e. The minimum atomic E-state index is -7.32. The van der Waals surface area contributed by atoms with Crippen molar-refractivity contribution in [1.29, 1.82) is 0 Å². The monoisotopic (exact) mass is 410 g/mol. The lowest BCUT2D eigenvalue weighted by Crippen LogP contribution is -2.64. The van der Waals surface area contributed by atoms with Crippen molar-refractivity contribution in [2.75, 3.05) is 0 Å². The molecule has 0 heterocycles. The first-order valence-electron chi connectivity index (χ1n) is 4.96. The van der Waals surface area contributed by atoms with Crippen LogP contribution >= 0.6 is 0 Å². The predicted molar refractivity (Wildman–Crippen MR) is 43.0 cm³/mol. The van der Waals surface area contributed by atoms with E-state index in [9.17, 15) is 71.1 Å². The largest absolute Gasteiger partial charge is 0.442 e. The number of alkyl halides is 14. The Kier molecular flexibility index (Phi) is 5.43. The number of esters is 2. The number of carbonyl (C=O) groups excluding carboxylic acids is 2. The van der Waals surface area contributed by atoms with Gasteiger partial charge in [-0.25, -0.2) is 18.4 Å². The Hall–Kier alpha value is -1.84. The zero-order valence-electron chi connectivity index (χ0n) is 10.5. The zero-order chi connectivity index (χ0) is 20.9. The summed E-state index contributed by atoms with van der Waals surface area (Å²) in [5.74, 6) is -9.18. The van der Waals surface area contributed by atoms with Crippen LogP contribution in [-0.4, -0.2) is 48.0 Å². The summed E-state index contributed by atoms with van der Waals surface area (Å²) in [7, 11) is 0. The second-order valence-electron chi connectivity index (χ2n) is 3.98. The van der Waals surface area contributed by atoms with E-state index in [0.717, 1.165) is 0 Å². The second-order valence-corrected chi connectivity index (χ2v) is 3.98. The molecule has 0 unspecified atom stereocenters. The van der Waals surface area contributed by atoms with Gasteiger partial charge in [-0.3, -0.25) is 0 Å². The maximum absolute atomic E-state index is 13.0. The lowest BCUT2D eigenvalue weighted by atomic mass is 10.0. The molecular weight excluding hydrogens is 410 g/mol. The molecule has 0 saturated heterocycles. The number of hydrogen-bond donors (Lipinski definition) is 0. The smallest absolute Gasteiger partial charge is 0.387 e. The molecule has 0 saturated carbocycles. The minimum absolute atomic E-state index is 1.98. The van der Waals surface area contributed by atoms with Gasteiger partial charge in [0.15, 0.2) is 0 Å². The van der Waals surface area contributed by atoms with Crippen LogP contribution in [-0.2, 0) is 14.3 Å². The first-order chi connectivity index (χ1) is 10.5. The fourth-order valence-electron chi connectivity index (χ4n) is 1.01. The van der Waals surface area contributed by atoms with Gasteiger partial charge in [-0.05, 0) is 0 Å². The van der Waals surface area contributed by atoms with Crippen molar-refractivity contribution < 1.29 is 75.8 Å². The van der Waals surface area contributed by atoms with Crippen molar-refractivity contribution in [3.05, 3.63) is 0 Å². The van der Waals surface area contributed by atoms with Gasteiger partial charge in [0.25, 0.3) is 0 Å². The third-order valence-electron chi connectivity index (χ3n) is 2.31. The van der Waals surface area contributed by atoms with Crippen LogP contribution in [0, 0.1) is 0 Å². The molecule has 0 fully saturated rings. The molecule has 0 aromatic rings. The zero-order valence-corrected chi connectivity index (χ0v) is 10.5. The van der Waals surface area contributed by atoms with E-state index < -0.39 is 48.0 Å². The van der Waals surface area contributed by atoms with Crippen LogP contribution in [0.25, 0.3) is 0 Å². The van der Waals surface area contributed by atoms with Gasteiger partial charge in [-0.2, -0.15) is 52.7 Å². The fourth-order valence-corrected chi connectivity index (χ4v) is 1.01. The van der Waals surface area contributed by atoms with Gasteiger partial charge >= 0.3 is 48.0 Å². The van der Waals surface area contributed by atoms with E-state index in [0.29, 0.717) is 0 Å². The Morgan fingerprint density at radius 2 is 0.600 bits per heavy atom. The van der Waals surface area contributed by atoms with Crippen molar-refractivity contribution in [3.63, 3.8) is 0 Å². The summed E-state index contributed by atoms with van der Waals surface area (Å²) in [5.41, 5.74) is -14.4. The van der Waals surface area contributed by atoms with E-state index in [1.165, 1.54) is 0 Å². The Labute approximate surface area is 125 Å². The maximum atomic E-state index is 13.0. The lowest BCUT2D eigenvalue weighted by molar-refractivity contribution is -0.340. The normalized spacial score (nSPS) is 15.1. The van der Waals surface area contributed by atoms with Gasteiger partial charge in [0.1, 0.15) is 0 Å². The number of halogens is 14. The summed E-state index contributed by atoms with van der Waals surface area (Å²) in [5, 5.41) is 0. The molecule has 0 radical (unpaired) electrons. The molecule has 0 bridgehead atoms. The Morgan fingerprint density at radius 1 is 0.440 bits per heavy atom. The van der Waals surface area contributed by atoms with E-state index in [-0.39, 0.29) is 0 Å². The molecule has 17 heteroatoms. The fraction of sp³-hybridized carbons (Fsp3) is 0.750. The molecule has 0 aromatic heterocycles. The summed E-state index contributed by atoms with van der Waals surface area (Å²) in [4.78, 5) is 21.0. The van der Waals surface area contributed by atoms with Gasteiger partial charge in [0.2, 0.25) is 0 Å². The number of rotatable bonds is 2. The summed E-state index contributed by atoms with van der Waals surface area (Å²) < 4.78 is 172. The van der Waals surface area contributed by atoms with Crippen molar-refractivity contribution in [3.8, 4) is 0 Å². The third kappa shape index (κ3) is 3.58. The molecule has 0 spiro atoms. The molecule has 25 heavy (non-hydrogen) atoms. The highest BCUT2D eigenvalue weighted by atomic mass is 19.4. The average Bonchev–Trinajstić information content (AvgIpc) is 2.30. The quantitative estimate of drug-likeness (QED) is 0.396. The standard InChI is InChI=1S/C8F14O3/c9-3(5(11,12)13,6(14,15)16)1(23)25-2(24)4(10,7(17,18)19)8(20,21)22. The summed E-state index contributed by atoms with van der Waals surface area (Å²) in [6.07, 6.45) is -29.3. The van der Waals surface area contributed by atoms with Crippen molar-refractivity contribution in [2.24, 2.45) is 0 Å². The maximum Gasteiger partial charge on any atom is 0.442 e. The molecule has 0 atom stereocenters. The highest BCUT2D eigenvalue weighted by Crippen LogP contribution is 2.49. The van der Waals surface area contributed by atoms with Gasteiger partial charge in [0, 0.05) is 0 Å². The Morgan fingerprint density at radius 3 is 0.720 bits per heavy atom. The third-order valence-corrected chi connectivity index (χ3v) is 2.31. The van der Waals surface area contributed by atoms with Crippen LogP contribution in [0.15, 0.2) is 0 Å². The van der Waals surface area contributed by atoms with Gasteiger partial charge in [-0.1, -0.05) is 0 Å². The van der Waals surface area contributed by atoms with Crippen LogP contribution in [0.1, 0.15) is 0 Å². The van der Waals surface area contributed by atoms with Crippen molar-refractivity contribution in [2.45, 2.75) is 36.0 Å². The van der Waals surface area contributed by atoms with E-state index >= 15 is 0 Å². The van der Waals surface area contributed by atoms with E-state index in [1.54, 1.807) is 0 Å². The molecule has 0 aliphatic rings. The van der Waals surface area contributed by atoms with Crippen LogP contribution in [0.2, 0.25) is 0 Å². The Balaban J connectivity index is 6.08. The van der Waals surface area contributed by atoms with Crippen molar-refractivity contribution in [1.82, 2.24) is 0 Å². The molecule has 0 rings (SSSR count). The number of ether oxygens (including phenoxy) is 1. The van der Waals surface area contributed by atoms with Gasteiger partial charge in [-0.15, -0.1) is 0 Å². The van der Waals surface area contributed by atoms with Gasteiger partial charge < -0.3 is 4.74 Å². The van der Waals surface area contributed by atoms with Crippen LogP contribution in [0.5, 0.6) is 0 Å². The van der Waals surface area contributed by atoms with E-state index in [2.05, 4.69) is 0 Å². The van der Waals surface area contributed by atoms with Gasteiger partial charge in [0.05, 0.1) is 0 Å². The molecular formula is C8F14O3. The molecule has 3 nitrogen and oxygen atoms in total. The van der Waals surface area contributed by atoms with Crippen LogP contribution in [0.3, 0.4) is 0 Å². The number of carbonyl (C=O) groups is 2. The molecule has 148 valence electrons. The van der Waals surface area contributed by atoms with Crippen LogP contribution in [0.4, 0.5) is 61.5 Å². The first-order valence-corrected chi connectivity index (χ1v) is 4.96.